The summed E-state index contributed by atoms with van der Waals surface area (Å²) >= 11 is 0. The quantitative estimate of drug-likeness (QED) is 0.854. The molecule has 0 fully saturated rings. The van der Waals surface area contributed by atoms with Gasteiger partial charge in [-0.3, -0.25) is 0 Å². The molecule has 0 bridgehead atoms. The van der Waals surface area contributed by atoms with Crippen LogP contribution >= 0.6 is 0 Å². The van der Waals surface area contributed by atoms with Crippen molar-refractivity contribution in [2.45, 2.75) is 13.3 Å². The Morgan fingerprint density at radius 3 is 2.53 bits per heavy atom. The van der Waals surface area contributed by atoms with Crippen LogP contribution in [-0.2, 0) is 0 Å². The maximum absolute atomic E-state index is 11.8. The first-order chi connectivity index (χ1) is 6.92. The number of phenols is 1. The molecule has 0 heterocycles. The molecule has 0 aromatic heterocycles. The Labute approximate surface area is 84.0 Å². The number of hydrogen-bond donors (Lipinski definition) is 1. The SMILES string of the molecule is CCOc1cc(OC(F)(F)F)ccc1O. The van der Waals surface area contributed by atoms with Crippen LogP contribution in [0.1, 0.15) is 6.92 Å². The lowest BCUT2D eigenvalue weighted by atomic mass is 10.3. The largest absolute Gasteiger partial charge is 0.573 e. The molecule has 1 N–H and O–H groups in total. The molecule has 0 aliphatic rings. The van der Waals surface area contributed by atoms with Crippen LogP contribution in [-0.4, -0.2) is 18.1 Å². The van der Waals surface area contributed by atoms with Gasteiger partial charge in [0.1, 0.15) is 5.75 Å². The molecule has 1 aromatic carbocycles. The minimum absolute atomic E-state index is 0.0424. The van der Waals surface area contributed by atoms with Crippen LogP contribution in [0.15, 0.2) is 18.2 Å². The summed E-state index contributed by atoms with van der Waals surface area (Å²) in [7, 11) is 0. The van der Waals surface area contributed by atoms with Crippen molar-refractivity contribution >= 4 is 0 Å². The number of ether oxygens (including phenoxy) is 2. The summed E-state index contributed by atoms with van der Waals surface area (Å²) in [6, 6.07) is 3.06. The van der Waals surface area contributed by atoms with Gasteiger partial charge in [0.2, 0.25) is 0 Å². The second-order valence-electron chi connectivity index (χ2n) is 2.61. The molecule has 1 rings (SSSR count). The summed E-state index contributed by atoms with van der Waals surface area (Å²) in [6.45, 7) is 1.89. The highest BCUT2D eigenvalue weighted by atomic mass is 19.4. The Morgan fingerprint density at radius 2 is 2.00 bits per heavy atom. The van der Waals surface area contributed by atoms with E-state index in [4.69, 9.17) is 4.74 Å². The monoisotopic (exact) mass is 222 g/mol. The topological polar surface area (TPSA) is 38.7 Å². The Kier molecular flexibility index (Phi) is 3.28. The third-order valence-corrected chi connectivity index (χ3v) is 1.46. The molecule has 84 valence electrons. The molecule has 0 aliphatic carbocycles. The van der Waals surface area contributed by atoms with Crippen LogP contribution in [0.25, 0.3) is 0 Å². The molecule has 0 saturated carbocycles. The molecule has 0 amide bonds. The fourth-order valence-electron chi connectivity index (χ4n) is 0.963. The van der Waals surface area contributed by atoms with Gasteiger partial charge in [-0.1, -0.05) is 0 Å². The smallest absolute Gasteiger partial charge is 0.504 e. The van der Waals surface area contributed by atoms with Gasteiger partial charge in [-0.25, -0.2) is 0 Å². The van der Waals surface area contributed by atoms with Crippen molar-refractivity contribution in [3.63, 3.8) is 0 Å². The molecule has 0 saturated heterocycles. The van der Waals surface area contributed by atoms with Crippen molar-refractivity contribution in [1.29, 1.82) is 0 Å². The summed E-state index contributed by atoms with van der Waals surface area (Å²) < 4.78 is 44.0. The zero-order valence-electron chi connectivity index (χ0n) is 7.84. The van der Waals surface area contributed by atoms with Crippen LogP contribution < -0.4 is 9.47 Å². The summed E-state index contributed by atoms with van der Waals surface area (Å²) in [4.78, 5) is 0. The van der Waals surface area contributed by atoms with E-state index in [1.807, 2.05) is 0 Å². The molecule has 0 atom stereocenters. The maximum atomic E-state index is 11.8. The Morgan fingerprint density at radius 1 is 1.33 bits per heavy atom. The van der Waals surface area contributed by atoms with Gasteiger partial charge >= 0.3 is 6.36 Å². The van der Waals surface area contributed by atoms with Crippen molar-refractivity contribution < 1.29 is 27.8 Å². The lowest BCUT2D eigenvalue weighted by Gasteiger charge is -2.11. The zero-order valence-corrected chi connectivity index (χ0v) is 7.84. The van der Waals surface area contributed by atoms with E-state index in [0.29, 0.717) is 0 Å². The number of hydrogen-bond acceptors (Lipinski definition) is 3. The molecule has 3 nitrogen and oxygen atoms in total. The molecule has 0 unspecified atom stereocenters. The minimum atomic E-state index is -4.75. The van der Waals surface area contributed by atoms with Crippen LogP contribution in [0, 0.1) is 0 Å². The number of benzene rings is 1. The second-order valence-corrected chi connectivity index (χ2v) is 2.61. The summed E-state index contributed by atoms with van der Waals surface area (Å²) in [5.41, 5.74) is 0. The number of alkyl halides is 3. The van der Waals surface area contributed by atoms with Gasteiger partial charge in [0.05, 0.1) is 6.61 Å². The minimum Gasteiger partial charge on any atom is -0.504 e. The van der Waals surface area contributed by atoms with Crippen molar-refractivity contribution in [2.75, 3.05) is 6.61 Å². The van der Waals surface area contributed by atoms with Gasteiger partial charge in [0, 0.05) is 6.07 Å². The first-order valence-corrected chi connectivity index (χ1v) is 4.14. The number of halogens is 3. The Balaban J connectivity index is 2.87. The molecule has 0 aliphatic heterocycles. The Bertz CT molecular complexity index is 336. The number of rotatable bonds is 3. The molecule has 15 heavy (non-hydrogen) atoms. The lowest BCUT2D eigenvalue weighted by Crippen LogP contribution is -2.17. The van der Waals surface area contributed by atoms with Crippen molar-refractivity contribution in [2.24, 2.45) is 0 Å². The van der Waals surface area contributed by atoms with Gasteiger partial charge in [-0.2, -0.15) is 0 Å². The maximum Gasteiger partial charge on any atom is 0.573 e. The first-order valence-electron chi connectivity index (χ1n) is 4.14. The highest BCUT2D eigenvalue weighted by Crippen LogP contribution is 2.32. The van der Waals surface area contributed by atoms with Crippen LogP contribution in [0.5, 0.6) is 17.2 Å². The third kappa shape index (κ3) is 3.57. The van der Waals surface area contributed by atoms with Crippen molar-refractivity contribution in [1.82, 2.24) is 0 Å². The van der Waals surface area contributed by atoms with E-state index in [1.165, 1.54) is 0 Å². The van der Waals surface area contributed by atoms with Crippen molar-refractivity contribution in [3.05, 3.63) is 18.2 Å². The summed E-state index contributed by atoms with van der Waals surface area (Å²) in [5.74, 6) is -0.700. The third-order valence-electron chi connectivity index (χ3n) is 1.46. The fraction of sp³-hybridized carbons (Fsp3) is 0.333. The van der Waals surface area contributed by atoms with Gasteiger partial charge in [-0.05, 0) is 19.1 Å². The summed E-state index contributed by atoms with van der Waals surface area (Å²) in [5, 5.41) is 9.20. The second kappa shape index (κ2) is 4.29. The average Bonchev–Trinajstić information content (AvgIpc) is 2.09. The van der Waals surface area contributed by atoms with E-state index < -0.39 is 12.1 Å². The van der Waals surface area contributed by atoms with E-state index in [1.54, 1.807) is 6.92 Å². The number of phenolic OH excluding ortho intramolecular Hbond substituents is 1. The van der Waals surface area contributed by atoms with Crippen LogP contribution in [0.4, 0.5) is 13.2 Å². The highest BCUT2D eigenvalue weighted by Gasteiger charge is 2.31. The predicted molar refractivity (Wildman–Crippen MR) is 46.0 cm³/mol. The molecular weight excluding hydrogens is 213 g/mol. The van der Waals surface area contributed by atoms with E-state index in [9.17, 15) is 18.3 Å². The lowest BCUT2D eigenvalue weighted by molar-refractivity contribution is -0.274. The summed E-state index contributed by atoms with van der Waals surface area (Å²) in [6.07, 6.45) is -4.75. The van der Waals surface area contributed by atoms with E-state index in [-0.39, 0.29) is 18.1 Å². The molecule has 0 radical (unpaired) electrons. The van der Waals surface area contributed by atoms with Crippen LogP contribution in [0.3, 0.4) is 0 Å². The Hall–Kier alpha value is -1.59. The van der Waals surface area contributed by atoms with Gasteiger partial charge in [-0.15, -0.1) is 13.2 Å². The van der Waals surface area contributed by atoms with Gasteiger partial charge < -0.3 is 14.6 Å². The first kappa shape index (κ1) is 11.5. The highest BCUT2D eigenvalue weighted by molar-refractivity contribution is 5.44. The molecular formula is C9H9F3O3. The van der Waals surface area contributed by atoms with Crippen LogP contribution in [0.2, 0.25) is 0 Å². The number of aromatic hydroxyl groups is 1. The normalized spacial score (nSPS) is 11.2. The zero-order chi connectivity index (χ0) is 11.5. The van der Waals surface area contributed by atoms with Crippen molar-refractivity contribution in [3.8, 4) is 17.2 Å². The average molecular weight is 222 g/mol. The molecule has 6 heteroatoms. The molecule has 1 aromatic rings. The standard InChI is InChI=1S/C9H9F3O3/c1-2-14-8-5-6(3-4-7(8)13)15-9(10,11)12/h3-5,13H,2H2,1H3. The van der Waals surface area contributed by atoms with Gasteiger partial charge in [0.15, 0.2) is 11.5 Å². The van der Waals surface area contributed by atoms with Gasteiger partial charge in [0.25, 0.3) is 0 Å². The van der Waals surface area contributed by atoms with E-state index in [2.05, 4.69) is 4.74 Å². The fourth-order valence-corrected chi connectivity index (χ4v) is 0.963. The molecule has 0 spiro atoms. The van der Waals surface area contributed by atoms with E-state index in [0.717, 1.165) is 18.2 Å². The predicted octanol–water partition coefficient (Wildman–Crippen LogP) is 2.69. The van der Waals surface area contributed by atoms with E-state index >= 15 is 0 Å².